The van der Waals surface area contributed by atoms with Gasteiger partial charge >= 0.3 is 0 Å². The lowest BCUT2D eigenvalue weighted by atomic mass is 9.80. The molecule has 1 aliphatic heterocycles. The van der Waals surface area contributed by atoms with Crippen LogP contribution >= 0.6 is 11.6 Å². The van der Waals surface area contributed by atoms with Crippen molar-refractivity contribution >= 4 is 28.9 Å². The summed E-state index contributed by atoms with van der Waals surface area (Å²) < 4.78 is 0. The summed E-state index contributed by atoms with van der Waals surface area (Å²) in [5, 5.41) is 13.9. The number of carbonyl (C=O) groups excluding carboxylic acids is 1. The van der Waals surface area contributed by atoms with Gasteiger partial charge in [0.15, 0.2) is 0 Å². The normalized spacial score (nSPS) is 21.0. The molecule has 23 heavy (non-hydrogen) atoms. The number of hydrogen-bond donors (Lipinski definition) is 2. The largest absolute Gasteiger partial charge is 0.327 e. The molecular formula is C15H21ClN4O3. The first-order valence-electron chi connectivity index (χ1n) is 7.41. The molecule has 1 fully saturated rings. The molecule has 1 unspecified atom stereocenters. The third-order valence-corrected chi connectivity index (χ3v) is 4.42. The standard InChI is InChI=1S/C15H21ClN4O3/c1-15(2)9-19(6-5-13(15)17)8-14(21)18-11-4-3-10(16)7-12(11)20(22)23/h3-4,7,13H,5-6,8-9,17H2,1-2H3,(H,18,21). The molecule has 0 aromatic heterocycles. The number of likely N-dealkylation sites (tertiary alicyclic amines) is 1. The summed E-state index contributed by atoms with van der Waals surface area (Å²) in [6.45, 7) is 5.78. The highest BCUT2D eigenvalue weighted by molar-refractivity contribution is 6.31. The molecule has 8 heteroatoms. The molecule has 1 saturated heterocycles. The van der Waals surface area contributed by atoms with E-state index in [1.54, 1.807) is 0 Å². The number of amides is 1. The molecule has 0 radical (unpaired) electrons. The maximum atomic E-state index is 12.2. The van der Waals surface area contributed by atoms with Crippen LogP contribution in [0.4, 0.5) is 11.4 Å². The summed E-state index contributed by atoms with van der Waals surface area (Å²) in [5.41, 5.74) is 5.95. The Morgan fingerprint density at radius 3 is 2.87 bits per heavy atom. The Hall–Kier alpha value is -1.70. The zero-order valence-corrected chi connectivity index (χ0v) is 14.0. The van der Waals surface area contributed by atoms with E-state index in [0.29, 0.717) is 6.54 Å². The smallest absolute Gasteiger partial charge is 0.294 e. The van der Waals surface area contributed by atoms with Crippen molar-refractivity contribution in [2.24, 2.45) is 11.1 Å². The van der Waals surface area contributed by atoms with Crippen molar-refractivity contribution in [2.45, 2.75) is 26.3 Å². The number of carbonyl (C=O) groups is 1. The van der Waals surface area contributed by atoms with Gasteiger partial charge in [0.1, 0.15) is 5.69 Å². The molecule has 1 heterocycles. The number of piperidine rings is 1. The summed E-state index contributed by atoms with van der Waals surface area (Å²) in [6, 6.07) is 4.28. The number of anilines is 1. The maximum absolute atomic E-state index is 12.2. The third kappa shape index (κ3) is 4.40. The van der Waals surface area contributed by atoms with Crippen molar-refractivity contribution < 1.29 is 9.72 Å². The molecule has 0 saturated carbocycles. The van der Waals surface area contributed by atoms with Gasteiger partial charge in [0.25, 0.3) is 5.69 Å². The summed E-state index contributed by atoms with van der Waals surface area (Å²) in [6.07, 6.45) is 0.821. The number of nitrogens with zero attached hydrogens (tertiary/aromatic N) is 2. The summed E-state index contributed by atoms with van der Waals surface area (Å²) in [5.74, 6) is -0.290. The van der Waals surface area contributed by atoms with Gasteiger partial charge in [-0.2, -0.15) is 0 Å². The number of benzene rings is 1. The second-order valence-electron chi connectivity index (χ2n) is 6.56. The van der Waals surface area contributed by atoms with Crippen molar-refractivity contribution in [2.75, 3.05) is 25.0 Å². The Labute approximate surface area is 139 Å². The molecular weight excluding hydrogens is 320 g/mol. The van der Waals surface area contributed by atoms with Gasteiger partial charge in [0, 0.05) is 30.2 Å². The molecule has 3 N–H and O–H groups in total. The molecule has 0 bridgehead atoms. The lowest BCUT2D eigenvalue weighted by Crippen LogP contribution is -2.53. The number of rotatable bonds is 4. The van der Waals surface area contributed by atoms with Crippen LogP contribution in [-0.4, -0.2) is 41.4 Å². The van der Waals surface area contributed by atoms with E-state index in [1.165, 1.54) is 18.2 Å². The molecule has 1 atom stereocenters. The molecule has 126 valence electrons. The maximum Gasteiger partial charge on any atom is 0.294 e. The second kappa shape index (κ2) is 6.82. The fourth-order valence-corrected chi connectivity index (χ4v) is 2.94. The predicted octanol–water partition coefficient (Wildman–Crippen LogP) is 2.25. The van der Waals surface area contributed by atoms with E-state index in [9.17, 15) is 14.9 Å². The highest BCUT2D eigenvalue weighted by atomic mass is 35.5. The van der Waals surface area contributed by atoms with Gasteiger partial charge in [-0.15, -0.1) is 0 Å². The number of nitrogens with one attached hydrogen (secondary N) is 1. The first-order valence-corrected chi connectivity index (χ1v) is 7.78. The molecule has 7 nitrogen and oxygen atoms in total. The quantitative estimate of drug-likeness (QED) is 0.646. The van der Waals surface area contributed by atoms with E-state index >= 15 is 0 Å². The molecule has 2 rings (SSSR count). The van der Waals surface area contributed by atoms with Crippen LogP contribution in [0.2, 0.25) is 5.02 Å². The van der Waals surface area contributed by atoms with Crippen molar-refractivity contribution in [3.8, 4) is 0 Å². The average Bonchev–Trinajstić information content (AvgIpc) is 2.44. The monoisotopic (exact) mass is 340 g/mol. The van der Waals surface area contributed by atoms with Crippen LogP contribution in [0.25, 0.3) is 0 Å². The van der Waals surface area contributed by atoms with Crippen molar-refractivity contribution in [1.29, 1.82) is 0 Å². The van der Waals surface area contributed by atoms with Crippen molar-refractivity contribution in [3.63, 3.8) is 0 Å². The van der Waals surface area contributed by atoms with Gasteiger partial charge in [-0.25, -0.2) is 0 Å². The van der Waals surface area contributed by atoms with Gasteiger partial charge in [0.2, 0.25) is 5.91 Å². The minimum atomic E-state index is -0.565. The van der Waals surface area contributed by atoms with E-state index in [1.807, 2.05) is 4.90 Å². The fourth-order valence-electron chi connectivity index (χ4n) is 2.77. The minimum Gasteiger partial charge on any atom is -0.327 e. The zero-order chi connectivity index (χ0) is 17.2. The number of nitrogens with two attached hydrogens (primary N) is 1. The zero-order valence-electron chi connectivity index (χ0n) is 13.2. The van der Waals surface area contributed by atoms with E-state index in [0.717, 1.165) is 13.0 Å². The average molecular weight is 341 g/mol. The Morgan fingerprint density at radius 1 is 1.57 bits per heavy atom. The Kier molecular flexibility index (Phi) is 5.23. The number of hydrogen-bond acceptors (Lipinski definition) is 5. The highest BCUT2D eigenvalue weighted by Gasteiger charge is 2.34. The number of nitro groups is 1. The van der Waals surface area contributed by atoms with E-state index in [4.69, 9.17) is 17.3 Å². The van der Waals surface area contributed by atoms with E-state index in [2.05, 4.69) is 19.2 Å². The highest BCUT2D eigenvalue weighted by Crippen LogP contribution is 2.29. The van der Waals surface area contributed by atoms with Crippen LogP contribution in [0, 0.1) is 15.5 Å². The van der Waals surface area contributed by atoms with E-state index in [-0.39, 0.29) is 40.3 Å². The third-order valence-electron chi connectivity index (χ3n) is 4.19. The molecule has 1 amide bonds. The first-order chi connectivity index (χ1) is 10.7. The van der Waals surface area contributed by atoms with Crippen LogP contribution < -0.4 is 11.1 Å². The molecule has 0 aliphatic carbocycles. The minimum absolute atomic E-state index is 0.0647. The van der Waals surface area contributed by atoms with Crippen LogP contribution in [0.3, 0.4) is 0 Å². The van der Waals surface area contributed by atoms with Gasteiger partial charge in [0.05, 0.1) is 11.5 Å². The second-order valence-corrected chi connectivity index (χ2v) is 7.00. The molecule has 1 aliphatic rings. The van der Waals surface area contributed by atoms with Crippen molar-refractivity contribution in [3.05, 3.63) is 33.3 Å². The number of halogens is 1. The topological polar surface area (TPSA) is 102 Å². The Bertz CT molecular complexity index is 621. The fraction of sp³-hybridized carbons (Fsp3) is 0.533. The summed E-state index contributed by atoms with van der Waals surface area (Å²) in [7, 11) is 0. The molecule has 1 aromatic rings. The van der Waals surface area contributed by atoms with Crippen LogP contribution in [0.5, 0.6) is 0 Å². The summed E-state index contributed by atoms with van der Waals surface area (Å²) >= 11 is 5.76. The Morgan fingerprint density at radius 2 is 2.26 bits per heavy atom. The predicted molar refractivity (Wildman–Crippen MR) is 89.5 cm³/mol. The van der Waals surface area contributed by atoms with Crippen LogP contribution in [-0.2, 0) is 4.79 Å². The van der Waals surface area contributed by atoms with Gasteiger partial charge in [-0.1, -0.05) is 25.4 Å². The van der Waals surface area contributed by atoms with Crippen LogP contribution in [0.1, 0.15) is 20.3 Å². The summed E-state index contributed by atoms with van der Waals surface area (Å²) in [4.78, 5) is 24.7. The van der Waals surface area contributed by atoms with Gasteiger partial charge in [-0.05, 0) is 24.0 Å². The van der Waals surface area contributed by atoms with Crippen LogP contribution in [0.15, 0.2) is 18.2 Å². The first kappa shape index (κ1) is 17.7. The number of nitro benzene ring substituents is 1. The lowest BCUT2D eigenvalue weighted by molar-refractivity contribution is -0.383. The Balaban J connectivity index is 2.02. The molecule has 0 spiro atoms. The van der Waals surface area contributed by atoms with Crippen molar-refractivity contribution in [1.82, 2.24) is 4.90 Å². The SMILES string of the molecule is CC1(C)CN(CC(=O)Nc2ccc(Cl)cc2[N+](=O)[O-])CCC1N. The molecule has 1 aromatic carbocycles. The van der Waals surface area contributed by atoms with E-state index < -0.39 is 4.92 Å². The van der Waals surface area contributed by atoms with Gasteiger partial charge < -0.3 is 11.1 Å². The van der Waals surface area contributed by atoms with Gasteiger partial charge in [-0.3, -0.25) is 19.8 Å². The lowest BCUT2D eigenvalue weighted by Gasteiger charge is -2.42.